The number of hydrogen-bond acceptors (Lipinski definition) is 5. The van der Waals surface area contributed by atoms with Crippen molar-refractivity contribution in [3.8, 4) is 11.8 Å². The van der Waals surface area contributed by atoms with Crippen molar-refractivity contribution in [1.82, 2.24) is 24.2 Å². The van der Waals surface area contributed by atoms with Crippen LogP contribution in [0.3, 0.4) is 0 Å². The lowest BCUT2D eigenvalue weighted by Crippen LogP contribution is -2.27. The van der Waals surface area contributed by atoms with E-state index in [0.717, 1.165) is 29.7 Å². The van der Waals surface area contributed by atoms with Crippen molar-refractivity contribution in [2.24, 2.45) is 5.73 Å². The third kappa shape index (κ3) is 3.84. The second-order valence-electron chi connectivity index (χ2n) is 8.92. The van der Waals surface area contributed by atoms with Crippen LogP contribution in [0.5, 0.6) is 0 Å². The molecule has 2 amide bonds. The number of likely N-dealkylation sites (tertiary alicyclic amines) is 1. The van der Waals surface area contributed by atoms with Gasteiger partial charge in [-0.15, -0.1) is 0 Å². The maximum Gasteiger partial charge on any atom is 0.255 e. The van der Waals surface area contributed by atoms with Crippen LogP contribution in [0.2, 0.25) is 5.02 Å². The van der Waals surface area contributed by atoms with Crippen LogP contribution in [0.15, 0.2) is 24.8 Å². The molecule has 1 fully saturated rings. The van der Waals surface area contributed by atoms with E-state index in [9.17, 15) is 9.59 Å². The van der Waals surface area contributed by atoms with Crippen LogP contribution < -0.4 is 11.1 Å². The van der Waals surface area contributed by atoms with E-state index in [0.29, 0.717) is 42.0 Å². The molecule has 10 heteroatoms. The molecule has 5 rings (SSSR count). The van der Waals surface area contributed by atoms with Crippen LogP contribution in [0, 0.1) is 11.8 Å². The number of aromatic nitrogens is 4. The number of nitrogens with one attached hydrogen (secondary N) is 1. The average molecular weight is 492 g/mol. The summed E-state index contributed by atoms with van der Waals surface area (Å²) in [4.78, 5) is 30.8. The van der Waals surface area contributed by atoms with Gasteiger partial charge in [-0.25, -0.2) is 9.67 Å². The lowest BCUT2D eigenvalue weighted by atomic mass is 10.1. The molecule has 2 aliphatic rings. The molecule has 3 N–H and O–H groups in total. The van der Waals surface area contributed by atoms with Crippen LogP contribution >= 0.6 is 11.6 Å². The van der Waals surface area contributed by atoms with Gasteiger partial charge in [0.15, 0.2) is 5.69 Å². The second-order valence-corrected chi connectivity index (χ2v) is 9.33. The number of rotatable bonds is 4. The SMILES string of the molecule is C=CC(=O)N1CC[C@H](n2nc(C#Cc3cc4nc5n(c4cc3Cl)[C@H](C)CC5)c(C(N)=O)c2NC)C1. The van der Waals surface area contributed by atoms with E-state index in [1.165, 1.54) is 6.08 Å². The Morgan fingerprint density at radius 2 is 2.11 bits per heavy atom. The number of halogens is 1. The summed E-state index contributed by atoms with van der Waals surface area (Å²) in [5, 5.41) is 8.15. The molecule has 0 spiro atoms. The number of nitrogens with two attached hydrogens (primary N) is 1. The van der Waals surface area contributed by atoms with Crippen LogP contribution in [0.25, 0.3) is 11.0 Å². The van der Waals surface area contributed by atoms with Gasteiger partial charge >= 0.3 is 0 Å². The summed E-state index contributed by atoms with van der Waals surface area (Å²) in [6.07, 6.45) is 4.00. The van der Waals surface area contributed by atoms with Crippen molar-refractivity contribution in [2.45, 2.75) is 38.3 Å². The van der Waals surface area contributed by atoms with Crippen molar-refractivity contribution in [3.63, 3.8) is 0 Å². The molecule has 0 bridgehead atoms. The number of imidazole rings is 1. The summed E-state index contributed by atoms with van der Waals surface area (Å²) in [6.45, 7) is 6.77. The molecule has 2 atom stereocenters. The van der Waals surface area contributed by atoms with E-state index >= 15 is 0 Å². The molecule has 1 aromatic carbocycles. The number of anilines is 1. The number of hydrogen-bond donors (Lipinski definition) is 2. The Balaban J connectivity index is 1.53. The van der Waals surface area contributed by atoms with Gasteiger partial charge in [-0.2, -0.15) is 5.10 Å². The Hall–Kier alpha value is -3.77. The molecule has 0 unspecified atom stereocenters. The van der Waals surface area contributed by atoms with Crippen LogP contribution in [0.1, 0.15) is 59.3 Å². The normalized spacial score (nSPS) is 18.9. The van der Waals surface area contributed by atoms with Gasteiger partial charge in [-0.3, -0.25) is 9.59 Å². The van der Waals surface area contributed by atoms with Crippen LogP contribution in [-0.2, 0) is 11.2 Å². The average Bonchev–Trinajstić information content (AvgIpc) is 3.60. The van der Waals surface area contributed by atoms with E-state index < -0.39 is 5.91 Å². The zero-order valence-corrected chi connectivity index (χ0v) is 20.4. The highest BCUT2D eigenvalue weighted by Crippen LogP contribution is 2.33. The molecule has 2 aromatic heterocycles. The molecule has 0 saturated carbocycles. The second kappa shape index (κ2) is 8.78. The molecule has 9 nitrogen and oxygen atoms in total. The zero-order chi connectivity index (χ0) is 24.9. The number of amides is 2. The highest BCUT2D eigenvalue weighted by molar-refractivity contribution is 6.32. The fourth-order valence-corrected chi connectivity index (χ4v) is 5.26. The molecule has 1 saturated heterocycles. The molecule has 0 aliphatic carbocycles. The number of nitrogens with zero attached hydrogens (tertiary/aromatic N) is 5. The minimum Gasteiger partial charge on any atom is -0.373 e. The topological polar surface area (TPSA) is 111 Å². The number of fused-ring (bicyclic) bond motifs is 3. The summed E-state index contributed by atoms with van der Waals surface area (Å²) in [6, 6.07) is 4.04. The Kier molecular flexibility index (Phi) is 5.77. The third-order valence-corrected chi connectivity index (χ3v) is 7.10. The van der Waals surface area contributed by atoms with Crippen molar-refractivity contribution in [1.29, 1.82) is 0 Å². The van der Waals surface area contributed by atoms with Gasteiger partial charge in [-0.1, -0.05) is 24.1 Å². The van der Waals surface area contributed by atoms with Crippen molar-refractivity contribution in [2.75, 3.05) is 25.5 Å². The van der Waals surface area contributed by atoms with Gasteiger partial charge in [0.2, 0.25) is 5.91 Å². The minimum atomic E-state index is -0.636. The van der Waals surface area contributed by atoms with Crippen LogP contribution in [0.4, 0.5) is 5.82 Å². The maximum atomic E-state index is 12.4. The maximum absolute atomic E-state index is 12.4. The van der Waals surface area contributed by atoms with E-state index in [4.69, 9.17) is 22.3 Å². The lowest BCUT2D eigenvalue weighted by molar-refractivity contribution is -0.125. The largest absolute Gasteiger partial charge is 0.373 e. The Morgan fingerprint density at radius 1 is 1.31 bits per heavy atom. The summed E-state index contributed by atoms with van der Waals surface area (Å²) in [7, 11) is 1.70. The van der Waals surface area contributed by atoms with Gasteiger partial charge in [0.25, 0.3) is 5.91 Å². The zero-order valence-electron chi connectivity index (χ0n) is 19.6. The van der Waals surface area contributed by atoms with Gasteiger partial charge in [0, 0.05) is 38.2 Å². The Labute approximate surface area is 207 Å². The molecule has 4 heterocycles. The molecular weight excluding hydrogens is 466 g/mol. The number of primary amides is 1. The summed E-state index contributed by atoms with van der Waals surface area (Å²) >= 11 is 6.59. The number of aryl methyl sites for hydroxylation is 1. The fraction of sp³-hybridized carbons (Fsp3) is 0.360. The highest BCUT2D eigenvalue weighted by atomic mass is 35.5. The summed E-state index contributed by atoms with van der Waals surface area (Å²) < 4.78 is 3.93. The Bertz CT molecular complexity index is 1440. The van der Waals surface area contributed by atoms with E-state index in [1.807, 2.05) is 12.1 Å². The lowest BCUT2D eigenvalue weighted by Gasteiger charge is -2.16. The summed E-state index contributed by atoms with van der Waals surface area (Å²) in [5.74, 6) is 6.82. The standard InChI is InChI=1S/C25H26ClN7O2/c1-4-22(34)31-10-9-16(13-31)33-25(28-3)23(24(27)35)18(30-33)7-6-15-11-19-20(12-17(15)26)32-14(2)5-8-21(32)29-19/h4,11-12,14,16,28H,1,5,8-10,13H2,2-3H3,(H2,27,35)/t14-,16+/m1/s1. The predicted octanol–water partition coefficient (Wildman–Crippen LogP) is 2.89. The first kappa shape index (κ1) is 23.0. The number of benzene rings is 1. The quantitative estimate of drug-likeness (QED) is 0.430. The van der Waals surface area contributed by atoms with Crippen molar-refractivity contribution < 1.29 is 9.59 Å². The molecule has 35 heavy (non-hydrogen) atoms. The third-order valence-electron chi connectivity index (χ3n) is 6.78. The molecule has 3 aromatic rings. The molecule has 0 radical (unpaired) electrons. The fourth-order valence-electron chi connectivity index (χ4n) is 5.05. The van der Waals surface area contributed by atoms with E-state index in [1.54, 1.807) is 16.6 Å². The predicted molar refractivity (Wildman–Crippen MR) is 134 cm³/mol. The number of carbonyl (C=O) groups excluding carboxylic acids is 2. The first-order chi connectivity index (χ1) is 16.8. The first-order valence-electron chi connectivity index (χ1n) is 11.6. The summed E-state index contributed by atoms with van der Waals surface area (Å²) in [5.41, 5.74) is 8.62. The number of carbonyl (C=O) groups is 2. The van der Waals surface area contributed by atoms with E-state index in [2.05, 4.69) is 40.3 Å². The first-order valence-corrected chi connectivity index (χ1v) is 11.9. The van der Waals surface area contributed by atoms with Gasteiger partial charge in [-0.05, 0) is 43.9 Å². The Morgan fingerprint density at radius 3 is 2.83 bits per heavy atom. The molecule has 2 aliphatic heterocycles. The highest BCUT2D eigenvalue weighted by Gasteiger charge is 2.31. The minimum absolute atomic E-state index is 0.121. The molecule has 180 valence electrons. The van der Waals surface area contributed by atoms with Crippen LogP contribution in [-0.4, -0.2) is 56.2 Å². The van der Waals surface area contributed by atoms with E-state index in [-0.39, 0.29) is 23.2 Å². The van der Waals surface area contributed by atoms with Crippen molar-refractivity contribution >= 4 is 40.3 Å². The van der Waals surface area contributed by atoms with Gasteiger partial charge < -0.3 is 20.5 Å². The van der Waals surface area contributed by atoms with Crippen molar-refractivity contribution in [3.05, 3.63) is 52.5 Å². The molecular formula is C25H26ClN7O2. The van der Waals surface area contributed by atoms with Gasteiger partial charge in [0.1, 0.15) is 17.2 Å². The van der Waals surface area contributed by atoms with Gasteiger partial charge in [0.05, 0.1) is 22.1 Å². The monoisotopic (exact) mass is 491 g/mol. The smallest absolute Gasteiger partial charge is 0.255 e.